The number of aliphatic hydroxyl groups excluding tert-OH is 1. The molecule has 132 valence electrons. The molecule has 0 heterocycles. The van der Waals surface area contributed by atoms with Gasteiger partial charge in [0.25, 0.3) is 0 Å². The molecule has 1 aromatic carbocycles. The standard InChI is InChI=1S/C16H19F3N2O3/c17-16(18,19)13-4-2-1-3-11(13)9-21(12-5-6-12)15(24)7-8-20-14(23)10-22/h1-4,12,22H,5-10H2,(H,20,23). The molecule has 1 saturated carbocycles. The average Bonchev–Trinajstić information content (AvgIpc) is 3.36. The molecule has 2 rings (SSSR count). The molecule has 0 saturated heterocycles. The van der Waals surface area contributed by atoms with Gasteiger partial charge < -0.3 is 15.3 Å². The second kappa shape index (κ2) is 7.65. The smallest absolute Gasteiger partial charge is 0.387 e. The number of nitrogens with one attached hydrogen (secondary N) is 1. The topological polar surface area (TPSA) is 69.6 Å². The van der Waals surface area contributed by atoms with Crippen LogP contribution in [0.1, 0.15) is 30.4 Å². The first-order chi connectivity index (χ1) is 11.3. The number of nitrogens with zero attached hydrogens (tertiary/aromatic N) is 1. The number of hydrogen-bond donors (Lipinski definition) is 2. The molecular weight excluding hydrogens is 325 g/mol. The lowest BCUT2D eigenvalue weighted by molar-refractivity contribution is -0.140. The van der Waals surface area contributed by atoms with Crippen LogP contribution in [0, 0.1) is 0 Å². The van der Waals surface area contributed by atoms with Crippen molar-refractivity contribution in [1.82, 2.24) is 10.2 Å². The number of aliphatic hydroxyl groups is 1. The summed E-state index contributed by atoms with van der Waals surface area (Å²) in [7, 11) is 0. The highest BCUT2D eigenvalue weighted by atomic mass is 19.4. The summed E-state index contributed by atoms with van der Waals surface area (Å²) in [5.41, 5.74) is -0.679. The van der Waals surface area contributed by atoms with E-state index in [2.05, 4.69) is 5.32 Å². The van der Waals surface area contributed by atoms with E-state index in [1.165, 1.54) is 23.1 Å². The Balaban J connectivity index is 2.04. The highest BCUT2D eigenvalue weighted by molar-refractivity contribution is 5.79. The first kappa shape index (κ1) is 18.3. The number of rotatable bonds is 7. The maximum atomic E-state index is 13.1. The van der Waals surface area contributed by atoms with Gasteiger partial charge in [-0.1, -0.05) is 18.2 Å². The molecule has 8 heteroatoms. The summed E-state index contributed by atoms with van der Waals surface area (Å²) in [6, 6.07) is 5.17. The Kier molecular flexibility index (Phi) is 5.82. The van der Waals surface area contributed by atoms with Gasteiger partial charge in [-0.25, -0.2) is 0 Å². The number of hydrogen-bond acceptors (Lipinski definition) is 3. The zero-order valence-corrected chi connectivity index (χ0v) is 13.0. The van der Waals surface area contributed by atoms with E-state index in [0.29, 0.717) is 0 Å². The Morgan fingerprint density at radius 1 is 1.25 bits per heavy atom. The minimum atomic E-state index is -4.47. The van der Waals surface area contributed by atoms with E-state index >= 15 is 0 Å². The van der Waals surface area contributed by atoms with Crippen molar-refractivity contribution in [3.63, 3.8) is 0 Å². The van der Waals surface area contributed by atoms with Gasteiger partial charge >= 0.3 is 6.18 Å². The van der Waals surface area contributed by atoms with E-state index in [0.717, 1.165) is 18.9 Å². The number of amides is 2. The number of carbonyl (C=O) groups excluding carboxylic acids is 2. The van der Waals surface area contributed by atoms with E-state index in [1.807, 2.05) is 0 Å². The van der Waals surface area contributed by atoms with Crippen molar-refractivity contribution in [3.8, 4) is 0 Å². The maximum absolute atomic E-state index is 13.1. The van der Waals surface area contributed by atoms with Gasteiger partial charge in [-0.2, -0.15) is 13.2 Å². The summed E-state index contributed by atoms with van der Waals surface area (Å²) in [6.07, 6.45) is -2.95. The fourth-order valence-electron chi connectivity index (χ4n) is 2.43. The van der Waals surface area contributed by atoms with Crippen molar-refractivity contribution in [3.05, 3.63) is 35.4 Å². The van der Waals surface area contributed by atoms with Gasteiger partial charge in [0.2, 0.25) is 11.8 Å². The van der Waals surface area contributed by atoms with Crippen molar-refractivity contribution in [2.75, 3.05) is 13.2 Å². The zero-order chi connectivity index (χ0) is 17.7. The summed E-state index contributed by atoms with van der Waals surface area (Å²) in [6.45, 7) is -0.727. The van der Waals surface area contributed by atoms with Crippen LogP contribution in [0.25, 0.3) is 0 Å². The Hall–Kier alpha value is -2.09. The second-order valence-electron chi connectivity index (χ2n) is 5.67. The third kappa shape index (κ3) is 4.95. The number of benzene rings is 1. The maximum Gasteiger partial charge on any atom is 0.416 e. The molecule has 0 spiro atoms. The highest BCUT2D eigenvalue weighted by Crippen LogP contribution is 2.34. The molecule has 1 aliphatic rings. The lowest BCUT2D eigenvalue weighted by Gasteiger charge is -2.24. The predicted octanol–water partition coefficient (Wildman–Crippen LogP) is 1.70. The van der Waals surface area contributed by atoms with Crippen LogP contribution in [0.2, 0.25) is 0 Å². The van der Waals surface area contributed by atoms with Gasteiger partial charge in [-0.3, -0.25) is 9.59 Å². The van der Waals surface area contributed by atoms with E-state index in [-0.39, 0.29) is 37.0 Å². The Labute approximate surface area is 137 Å². The van der Waals surface area contributed by atoms with E-state index in [1.54, 1.807) is 0 Å². The van der Waals surface area contributed by atoms with Crippen LogP contribution in [0.15, 0.2) is 24.3 Å². The minimum absolute atomic E-state index is 0.0174. The molecule has 1 fully saturated rings. The Morgan fingerprint density at radius 3 is 2.50 bits per heavy atom. The lowest BCUT2D eigenvalue weighted by atomic mass is 10.1. The number of carbonyl (C=O) groups is 2. The SMILES string of the molecule is O=C(CO)NCCC(=O)N(Cc1ccccc1C(F)(F)F)C1CC1. The van der Waals surface area contributed by atoms with E-state index < -0.39 is 24.3 Å². The summed E-state index contributed by atoms with van der Waals surface area (Å²) < 4.78 is 39.2. The van der Waals surface area contributed by atoms with Gasteiger partial charge in [0, 0.05) is 25.6 Å². The third-order valence-electron chi connectivity index (χ3n) is 3.78. The summed E-state index contributed by atoms with van der Waals surface area (Å²) in [5.74, 6) is -0.907. The normalized spacial score (nSPS) is 14.3. The van der Waals surface area contributed by atoms with Gasteiger partial charge in [0.1, 0.15) is 6.61 Å². The van der Waals surface area contributed by atoms with Gasteiger partial charge in [0.15, 0.2) is 0 Å². The fourth-order valence-corrected chi connectivity index (χ4v) is 2.43. The van der Waals surface area contributed by atoms with E-state index in [9.17, 15) is 22.8 Å². The first-order valence-electron chi connectivity index (χ1n) is 7.65. The van der Waals surface area contributed by atoms with Crippen LogP contribution >= 0.6 is 0 Å². The van der Waals surface area contributed by atoms with Crippen LogP contribution in [0.4, 0.5) is 13.2 Å². The van der Waals surface area contributed by atoms with Crippen molar-refractivity contribution in [2.24, 2.45) is 0 Å². The van der Waals surface area contributed by atoms with E-state index in [4.69, 9.17) is 5.11 Å². The monoisotopic (exact) mass is 344 g/mol. The molecule has 0 radical (unpaired) electrons. The number of alkyl halides is 3. The molecule has 2 N–H and O–H groups in total. The minimum Gasteiger partial charge on any atom is -0.387 e. The fraction of sp³-hybridized carbons (Fsp3) is 0.500. The van der Waals surface area contributed by atoms with Crippen LogP contribution in [-0.2, 0) is 22.3 Å². The lowest BCUT2D eigenvalue weighted by Crippen LogP contribution is -2.36. The molecular formula is C16H19F3N2O3. The molecule has 0 aliphatic heterocycles. The first-order valence-corrected chi connectivity index (χ1v) is 7.65. The molecule has 0 atom stereocenters. The van der Waals surface area contributed by atoms with Crippen LogP contribution in [-0.4, -0.2) is 41.0 Å². The van der Waals surface area contributed by atoms with Crippen molar-refractivity contribution in [1.29, 1.82) is 0 Å². The van der Waals surface area contributed by atoms with Crippen LogP contribution in [0.3, 0.4) is 0 Å². The largest absolute Gasteiger partial charge is 0.416 e. The van der Waals surface area contributed by atoms with Crippen molar-refractivity contribution in [2.45, 2.75) is 38.0 Å². The summed E-state index contributed by atoms with van der Waals surface area (Å²) in [5, 5.41) is 11.0. The van der Waals surface area contributed by atoms with Gasteiger partial charge in [-0.15, -0.1) is 0 Å². The van der Waals surface area contributed by atoms with Crippen molar-refractivity contribution < 1.29 is 27.9 Å². The highest BCUT2D eigenvalue weighted by Gasteiger charge is 2.36. The van der Waals surface area contributed by atoms with Crippen molar-refractivity contribution >= 4 is 11.8 Å². The van der Waals surface area contributed by atoms with Crippen LogP contribution < -0.4 is 5.32 Å². The Bertz CT molecular complexity index is 600. The molecule has 0 bridgehead atoms. The van der Waals surface area contributed by atoms with Crippen LogP contribution in [0.5, 0.6) is 0 Å². The van der Waals surface area contributed by atoms with Gasteiger partial charge in [-0.05, 0) is 24.5 Å². The summed E-state index contributed by atoms with van der Waals surface area (Å²) >= 11 is 0. The molecule has 1 aromatic rings. The summed E-state index contributed by atoms with van der Waals surface area (Å²) in [4.78, 5) is 24.7. The molecule has 0 aromatic heterocycles. The average molecular weight is 344 g/mol. The molecule has 1 aliphatic carbocycles. The van der Waals surface area contributed by atoms with Gasteiger partial charge in [0.05, 0.1) is 5.56 Å². The number of halogens is 3. The Morgan fingerprint density at radius 2 is 1.92 bits per heavy atom. The predicted molar refractivity (Wildman–Crippen MR) is 79.7 cm³/mol. The zero-order valence-electron chi connectivity index (χ0n) is 13.0. The molecule has 24 heavy (non-hydrogen) atoms. The molecule has 5 nitrogen and oxygen atoms in total. The molecule has 2 amide bonds. The second-order valence-corrected chi connectivity index (χ2v) is 5.67. The quantitative estimate of drug-likeness (QED) is 0.791. The third-order valence-corrected chi connectivity index (χ3v) is 3.78. The molecule has 0 unspecified atom stereocenters.